The fraction of sp³-hybridized carbons (Fsp3) is 0.211. The average molecular weight is 386 g/mol. The van der Waals surface area contributed by atoms with Crippen LogP contribution in [0.2, 0.25) is 0 Å². The molecule has 140 valence electrons. The Morgan fingerprint density at radius 3 is 2.67 bits per heavy atom. The number of anilines is 1. The molecule has 0 aliphatic rings. The number of rotatable bonds is 6. The molecule has 0 saturated heterocycles. The first-order valence-corrected chi connectivity index (χ1v) is 9.14. The van der Waals surface area contributed by atoms with Gasteiger partial charge in [0.15, 0.2) is 5.82 Å². The zero-order valence-corrected chi connectivity index (χ0v) is 15.9. The third kappa shape index (κ3) is 4.65. The van der Waals surface area contributed by atoms with Gasteiger partial charge in [0, 0.05) is 11.3 Å². The van der Waals surface area contributed by atoms with Crippen molar-refractivity contribution >= 4 is 23.4 Å². The third-order valence-corrected chi connectivity index (χ3v) is 4.88. The topological polar surface area (TPSA) is 79.9 Å². The SMILES string of the molecule is COc1ccc(-c2nc(SC(C)C(=O)Nc3ccc(C)c(F)c3)n[nH]2)cc1. The van der Waals surface area contributed by atoms with E-state index in [9.17, 15) is 9.18 Å². The number of carbonyl (C=O) groups is 1. The summed E-state index contributed by atoms with van der Waals surface area (Å²) < 4.78 is 18.7. The largest absolute Gasteiger partial charge is 0.497 e. The second-order valence-corrected chi connectivity index (χ2v) is 7.22. The number of nitrogens with one attached hydrogen (secondary N) is 2. The number of ether oxygens (including phenoxy) is 1. The average Bonchev–Trinajstić information content (AvgIpc) is 3.13. The van der Waals surface area contributed by atoms with Gasteiger partial charge in [-0.1, -0.05) is 17.8 Å². The van der Waals surface area contributed by atoms with Gasteiger partial charge in [-0.25, -0.2) is 9.37 Å². The highest BCUT2D eigenvalue weighted by atomic mass is 32.2. The summed E-state index contributed by atoms with van der Waals surface area (Å²) in [6.45, 7) is 3.41. The van der Waals surface area contributed by atoms with Crippen molar-refractivity contribution in [2.45, 2.75) is 24.3 Å². The van der Waals surface area contributed by atoms with Gasteiger partial charge in [-0.05, 0) is 55.8 Å². The summed E-state index contributed by atoms with van der Waals surface area (Å²) >= 11 is 1.22. The van der Waals surface area contributed by atoms with E-state index in [1.165, 1.54) is 17.8 Å². The minimum Gasteiger partial charge on any atom is -0.497 e. The van der Waals surface area contributed by atoms with Crippen LogP contribution >= 0.6 is 11.8 Å². The van der Waals surface area contributed by atoms with Crippen LogP contribution in [0.4, 0.5) is 10.1 Å². The number of carbonyl (C=O) groups excluding carboxylic acids is 1. The van der Waals surface area contributed by atoms with Crippen LogP contribution in [0.25, 0.3) is 11.4 Å². The number of hydrogen-bond donors (Lipinski definition) is 2. The highest BCUT2D eigenvalue weighted by Gasteiger charge is 2.18. The van der Waals surface area contributed by atoms with Crippen molar-refractivity contribution in [3.63, 3.8) is 0 Å². The molecule has 1 heterocycles. The molecule has 27 heavy (non-hydrogen) atoms. The molecular formula is C19H19FN4O2S. The van der Waals surface area contributed by atoms with Gasteiger partial charge in [-0.15, -0.1) is 5.10 Å². The van der Waals surface area contributed by atoms with Gasteiger partial charge in [-0.3, -0.25) is 9.89 Å². The normalized spacial score (nSPS) is 11.9. The molecule has 1 amide bonds. The maximum atomic E-state index is 13.6. The Bertz CT molecular complexity index is 943. The molecule has 0 fully saturated rings. The van der Waals surface area contributed by atoms with Crippen molar-refractivity contribution in [1.82, 2.24) is 15.2 Å². The standard InChI is InChI=1S/C19H19FN4O2S/c1-11-4-7-14(10-16(11)20)21-18(25)12(2)27-19-22-17(23-24-19)13-5-8-15(26-3)9-6-13/h4-10,12H,1-3H3,(H,21,25)(H,22,23,24). The van der Waals surface area contributed by atoms with Gasteiger partial charge in [-0.2, -0.15) is 0 Å². The number of aryl methyl sites for hydroxylation is 1. The Hall–Kier alpha value is -2.87. The zero-order valence-electron chi connectivity index (χ0n) is 15.1. The Morgan fingerprint density at radius 1 is 1.26 bits per heavy atom. The fourth-order valence-corrected chi connectivity index (χ4v) is 3.03. The number of methoxy groups -OCH3 is 1. The van der Waals surface area contributed by atoms with Gasteiger partial charge >= 0.3 is 0 Å². The molecule has 0 saturated carbocycles. The summed E-state index contributed by atoms with van der Waals surface area (Å²) in [6, 6.07) is 12.0. The molecule has 0 bridgehead atoms. The number of hydrogen-bond acceptors (Lipinski definition) is 5. The minimum absolute atomic E-state index is 0.251. The lowest BCUT2D eigenvalue weighted by molar-refractivity contribution is -0.115. The number of amides is 1. The Kier molecular flexibility index (Phi) is 5.75. The molecule has 1 atom stereocenters. The van der Waals surface area contributed by atoms with Crippen LogP contribution in [-0.2, 0) is 4.79 Å². The monoisotopic (exact) mass is 386 g/mol. The molecule has 0 radical (unpaired) electrons. The molecule has 1 unspecified atom stereocenters. The summed E-state index contributed by atoms with van der Waals surface area (Å²) in [7, 11) is 1.61. The van der Waals surface area contributed by atoms with Crippen molar-refractivity contribution < 1.29 is 13.9 Å². The van der Waals surface area contributed by atoms with Gasteiger partial charge < -0.3 is 10.1 Å². The summed E-state index contributed by atoms with van der Waals surface area (Å²) in [6.07, 6.45) is 0. The van der Waals surface area contributed by atoms with E-state index in [0.717, 1.165) is 11.3 Å². The van der Waals surface area contributed by atoms with Crippen molar-refractivity contribution in [2.75, 3.05) is 12.4 Å². The van der Waals surface area contributed by atoms with Crippen LogP contribution in [0.15, 0.2) is 47.6 Å². The highest BCUT2D eigenvalue weighted by molar-refractivity contribution is 8.00. The summed E-state index contributed by atoms with van der Waals surface area (Å²) in [5.74, 6) is 0.754. The minimum atomic E-state index is -0.450. The molecule has 0 aliphatic heterocycles. The van der Waals surface area contributed by atoms with Crippen molar-refractivity contribution in [3.8, 4) is 17.1 Å². The van der Waals surface area contributed by atoms with E-state index in [4.69, 9.17) is 4.74 Å². The smallest absolute Gasteiger partial charge is 0.237 e. The van der Waals surface area contributed by atoms with Crippen LogP contribution in [-0.4, -0.2) is 33.4 Å². The molecule has 3 aromatic rings. The lowest BCUT2D eigenvalue weighted by Gasteiger charge is -2.10. The molecule has 1 aromatic heterocycles. The number of aromatic nitrogens is 3. The van der Waals surface area contributed by atoms with Gasteiger partial charge in [0.05, 0.1) is 12.4 Å². The van der Waals surface area contributed by atoms with Crippen LogP contribution in [0.5, 0.6) is 5.75 Å². The zero-order chi connectivity index (χ0) is 19.4. The molecular weight excluding hydrogens is 367 g/mol. The molecule has 3 rings (SSSR count). The van der Waals surface area contributed by atoms with E-state index in [-0.39, 0.29) is 11.7 Å². The number of thioether (sulfide) groups is 1. The second kappa shape index (κ2) is 8.22. The Balaban J connectivity index is 1.63. The number of aromatic amines is 1. The molecule has 2 aromatic carbocycles. The van der Waals surface area contributed by atoms with Crippen molar-refractivity contribution in [3.05, 3.63) is 53.8 Å². The second-order valence-electron chi connectivity index (χ2n) is 5.91. The van der Waals surface area contributed by atoms with E-state index < -0.39 is 5.25 Å². The fourth-order valence-electron chi connectivity index (χ4n) is 2.30. The van der Waals surface area contributed by atoms with Crippen molar-refractivity contribution in [2.24, 2.45) is 0 Å². The molecule has 8 heteroatoms. The molecule has 0 aliphatic carbocycles. The number of nitrogens with zero attached hydrogens (tertiary/aromatic N) is 2. The van der Waals surface area contributed by atoms with E-state index in [1.54, 1.807) is 33.1 Å². The highest BCUT2D eigenvalue weighted by Crippen LogP contribution is 2.25. The van der Waals surface area contributed by atoms with E-state index >= 15 is 0 Å². The van der Waals surface area contributed by atoms with Crippen LogP contribution < -0.4 is 10.1 Å². The Labute approximate surface area is 160 Å². The Morgan fingerprint density at radius 2 is 2.00 bits per heavy atom. The summed E-state index contributed by atoms with van der Waals surface area (Å²) in [4.78, 5) is 16.7. The number of halogens is 1. The molecule has 0 spiro atoms. The third-order valence-electron chi connectivity index (χ3n) is 3.92. The number of H-pyrrole nitrogens is 1. The maximum Gasteiger partial charge on any atom is 0.237 e. The van der Waals surface area contributed by atoms with Crippen LogP contribution in [0.1, 0.15) is 12.5 Å². The van der Waals surface area contributed by atoms with E-state index in [2.05, 4.69) is 20.5 Å². The van der Waals surface area contributed by atoms with Crippen LogP contribution in [0, 0.1) is 12.7 Å². The van der Waals surface area contributed by atoms with E-state index in [1.807, 2.05) is 24.3 Å². The van der Waals surface area contributed by atoms with Crippen LogP contribution in [0.3, 0.4) is 0 Å². The van der Waals surface area contributed by atoms with Crippen molar-refractivity contribution in [1.29, 1.82) is 0 Å². The predicted molar refractivity (Wildman–Crippen MR) is 103 cm³/mol. The lowest BCUT2D eigenvalue weighted by atomic mass is 10.2. The van der Waals surface area contributed by atoms with Gasteiger partial charge in [0.1, 0.15) is 11.6 Å². The lowest BCUT2D eigenvalue weighted by Crippen LogP contribution is -2.22. The predicted octanol–water partition coefficient (Wildman–Crippen LogP) is 4.05. The summed E-state index contributed by atoms with van der Waals surface area (Å²) in [5.41, 5.74) is 1.81. The summed E-state index contributed by atoms with van der Waals surface area (Å²) in [5, 5.41) is 9.72. The maximum absolute atomic E-state index is 13.6. The quantitative estimate of drug-likeness (QED) is 0.625. The molecule has 6 nitrogen and oxygen atoms in total. The first-order chi connectivity index (χ1) is 13.0. The first-order valence-electron chi connectivity index (χ1n) is 8.27. The van der Waals surface area contributed by atoms with E-state index in [0.29, 0.717) is 22.2 Å². The first kappa shape index (κ1) is 18.9. The molecule has 2 N–H and O–H groups in total. The van der Waals surface area contributed by atoms with Gasteiger partial charge in [0.2, 0.25) is 11.1 Å². The number of benzene rings is 2. The van der Waals surface area contributed by atoms with Gasteiger partial charge in [0.25, 0.3) is 0 Å².